The Kier molecular flexibility index (Phi) is 4.98. The summed E-state index contributed by atoms with van der Waals surface area (Å²) in [7, 11) is 0. The van der Waals surface area contributed by atoms with E-state index in [2.05, 4.69) is 0 Å². The third kappa shape index (κ3) is 2.74. The first kappa shape index (κ1) is 17.9. The fourth-order valence-electron chi connectivity index (χ4n) is 2.23. The quantitative estimate of drug-likeness (QED) is 0.422. The van der Waals surface area contributed by atoms with E-state index in [1.165, 1.54) is 0 Å². The standard InChI is InChI=1S/C12H8Cl8/c13-9(14)6-10(15,16)12(19,20)8(11(9,17)18)7-4-2-1-3-5-7/h1-5,8H,6H2. The zero-order valence-corrected chi connectivity index (χ0v) is 15.7. The zero-order valence-electron chi connectivity index (χ0n) is 9.69. The third-order valence-electron chi connectivity index (χ3n) is 3.28. The minimum Gasteiger partial charge on any atom is -0.0981 e. The molecule has 0 unspecified atom stereocenters. The van der Waals surface area contributed by atoms with E-state index < -0.39 is 23.3 Å². The summed E-state index contributed by atoms with van der Waals surface area (Å²) in [5.41, 5.74) is 0.638. The molecule has 8 heteroatoms. The topological polar surface area (TPSA) is 0 Å². The van der Waals surface area contributed by atoms with Crippen molar-refractivity contribution in [1.82, 2.24) is 0 Å². The molecule has 0 N–H and O–H groups in total. The van der Waals surface area contributed by atoms with E-state index in [1.54, 1.807) is 24.3 Å². The van der Waals surface area contributed by atoms with Gasteiger partial charge in [-0.05, 0) is 5.56 Å². The number of hydrogen-bond donors (Lipinski definition) is 0. The van der Waals surface area contributed by atoms with Crippen molar-refractivity contribution in [2.75, 3.05) is 0 Å². The average Bonchev–Trinajstić information content (AvgIpc) is 2.26. The number of rotatable bonds is 1. The minimum atomic E-state index is -1.67. The van der Waals surface area contributed by atoms with Gasteiger partial charge in [0.05, 0.1) is 5.92 Å². The third-order valence-corrected chi connectivity index (χ3v) is 7.94. The van der Waals surface area contributed by atoms with Crippen LogP contribution in [0, 0.1) is 0 Å². The second kappa shape index (κ2) is 5.56. The molecule has 0 aliphatic heterocycles. The Balaban J connectivity index is 2.65. The Morgan fingerprint density at radius 1 is 0.700 bits per heavy atom. The van der Waals surface area contributed by atoms with Crippen molar-refractivity contribution >= 4 is 92.8 Å². The van der Waals surface area contributed by atoms with Gasteiger partial charge in [-0.25, -0.2) is 0 Å². The van der Waals surface area contributed by atoms with Gasteiger partial charge in [-0.2, -0.15) is 0 Å². The van der Waals surface area contributed by atoms with Crippen molar-refractivity contribution in [2.45, 2.75) is 29.7 Å². The highest BCUT2D eigenvalue weighted by Gasteiger charge is 2.71. The van der Waals surface area contributed by atoms with Gasteiger partial charge in [0.1, 0.15) is 0 Å². The minimum absolute atomic E-state index is 0.185. The van der Waals surface area contributed by atoms with Crippen LogP contribution >= 0.6 is 92.8 Å². The van der Waals surface area contributed by atoms with E-state index in [4.69, 9.17) is 92.8 Å². The molecular formula is C12H8Cl8. The molecule has 1 aromatic carbocycles. The maximum Gasteiger partial charge on any atom is 0.160 e. The van der Waals surface area contributed by atoms with Gasteiger partial charge in [-0.3, -0.25) is 0 Å². The average molecular weight is 436 g/mol. The summed E-state index contributed by atoms with van der Waals surface area (Å²) in [6.07, 6.45) is -0.185. The van der Waals surface area contributed by atoms with Crippen LogP contribution in [0.15, 0.2) is 30.3 Å². The molecular weight excluding hydrogens is 428 g/mol. The molecule has 1 aromatic rings. The maximum absolute atomic E-state index is 6.39. The molecule has 1 aliphatic rings. The highest BCUT2D eigenvalue weighted by Crippen LogP contribution is 2.70. The van der Waals surface area contributed by atoms with E-state index in [9.17, 15) is 0 Å². The van der Waals surface area contributed by atoms with Gasteiger partial charge in [0.15, 0.2) is 17.3 Å². The monoisotopic (exact) mass is 432 g/mol. The van der Waals surface area contributed by atoms with Crippen molar-refractivity contribution in [3.8, 4) is 0 Å². The first-order valence-electron chi connectivity index (χ1n) is 5.50. The van der Waals surface area contributed by atoms with Crippen molar-refractivity contribution in [1.29, 1.82) is 0 Å². The molecule has 0 heterocycles. The molecule has 0 spiro atoms. The van der Waals surface area contributed by atoms with Gasteiger partial charge in [0.2, 0.25) is 0 Å². The van der Waals surface area contributed by atoms with E-state index in [-0.39, 0.29) is 6.42 Å². The lowest BCUT2D eigenvalue weighted by Gasteiger charge is -2.54. The second-order valence-electron chi connectivity index (χ2n) is 4.68. The van der Waals surface area contributed by atoms with Gasteiger partial charge in [-0.1, -0.05) is 123 Å². The molecule has 0 atom stereocenters. The lowest BCUT2D eigenvalue weighted by atomic mass is 9.80. The van der Waals surface area contributed by atoms with Crippen molar-refractivity contribution in [2.24, 2.45) is 0 Å². The van der Waals surface area contributed by atoms with Crippen LogP contribution in [0.4, 0.5) is 0 Å². The van der Waals surface area contributed by atoms with Crippen molar-refractivity contribution < 1.29 is 0 Å². The molecule has 2 rings (SSSR count). The van der Waals surface area contributed by atoms with Crippen LogP contribution in [-0.2, 0) is 0 Å². The van der Waals surface area contributed by atoms with Gasteiger partial charge < -0.3 is 0 Å². The molecule has 0 nitrogen and oxygen atoms in total. The van der Waals surface area contributed by atoms with Crippen LogP contribution in [-0.4, -0.2) is 17.3 Å². The molecule has 1 aliphatic carbocycles. The summed E-state index contributed by atoms with van der Waals surface area (Å²) in [5, 5.41) is 0. The number of alkyl halides is 8. The molecule has 112 valence electrons. The van der Waals surface area contributed by atoms with Crippen LogP contribution in [0.25, 0.3) is 0 Å². The lowest BCUT2D eigenvalue weighted by Crippen LogP contribution is -2.61. The number of halogens is 8. The Bertz CT molecular complexity index is 467. The second-order valence-corrected chi connectivity index (χ2v) is 10.4. The molecule has 0 radical (unpaired) electrons. The highest BCUT2D eigenvalue weighted by atomic mass is 35.5. The van der Waals surface area contributed by atoms with Gasteiger partial charge in [0, 0.05) is 6.42 Å². The smallest absolute Gasteiger partial charge is 0.0981 e. The lowest BCUT2D eigenvalue weighted by molar-refractivity contribution is 0.359. The van der Waals surface area contributed by atoms with E-state index in [1.807, 2.05) is 6.07 Å². The van der Waals surface area contributed by atoms with Crippen molar-refractivity contribution in [3.05, 3.63) is 35.9 Å². The Morgan fingerprint density at radius 3 is 1.50 bits per heavy atom. The van der Waals surface area contributed by atoms with E-state index in [0.29, 0.717) is 5.56 Å². The van der Waals surface area contributed by atoms with Gasteiger partial charge >= 0.3 is 0 Å². The van der Waals surface area contributed by atoms with E-state index >= 15 is 0 Å². The summed E-state index contributed by atoms with van der Waals surface area (Å²) in [4.78, 5) is 0. The van der Waals surface area contributed by atoms with Crippen molar-refractivity contribution in [3.63, 3.8) is 0 Å². The first-order chi connectivity index (χ1) is 8.93. The predicted molar refractivity (Wildman–Crippen MR) is 91.5 cm³/mol. The Morgan fingerprint density at radius 2 is 1.10 bits per heavy atom. The molecule has 1 fully saturated rings. The molecule has 20 heavy (non-hydrogen) atoms. The van der Waals surface area contributed by atoms with Crippen LogP contribution < -0.4 is 0 Å². The van der Waals surface area contributed by atoms with Crippen LogP contribution in [0.2, 0.25) is 0 Å². The summed E-state index contributed by atoms with van der Waals surface area (Å²) in [6, 6.07) is 8.90. The summed E-state index contributed by atoms with van der Waals surface area (Å²) >= 11 is 50.5. The molecule has 1 saturated carbocycles. The van der Waals surface area contributed by atoms with Gasteiger partial charge in [0.25, 0.3) is 0 Å². The number of benzene rings is 1. The molecule has 0 aromatic heterocycles. The van der Waals surface area contributed by atoms with Crippen LogP contribution in [0.3, 0.4) is 0 Å². The SMILES string of the molecule is ClC1(Cl)CC(Cl)(Cl)C(Cl)(Cl)C(c2ccccc2)C1(Cl)Cl. The maximum atomic E-state index is 6.39. The zero-order chi connectivity index (χ0) is 15.4. The fourth-order valence-corrected chi connectivity index (χ4v) is 5.39. The van der Waals surface area contributed by atoms with Gasteiger partial charge in [-0.15, -0.1) is 0 Å². The largest absolute Gasteiger partial charge is 0.160 e. The predicted octanol–water partition coefficient (Wildman–Crippen LogP) is 6.87. The normalized spacial score (nSPS) is 27.2. The molecule has 0 saturated heterocycles. The first-order valence-corrected chi connectivity index (χ1v) is 8.52. The number of hydrogen-bond acceptors (Lipinski definition) is 0. The Labute approximate surface area is 157 Å². The molecule has 0 bridgehead atoms. The summed E-state index contributed by atoms with van der Waals surface area (Å²) < 4.78 is -6.58. The summed E-state index contributed by atoms with van der Waals surface area (Å²) in [5.74, 6) is -0.887. The highest BCUT2D eigenvalue weighted by molar-refractivity contribution is 6.69. The summed E-state index contributed by atoms with van der Waals surface area (Å²) in [6.45, 7) is 0. The van der Waals surface area contributed by atoms with Crippen LogP contribution in [0.5, 0.6) is 0 Å². The Hall–Kier alpha value is 1.54. The van der Waals surface area contributed by atoms with E-state index in [0.717, 1.165) is 0 Å². The fraction of sp³-hybridized carbons (Fsp3) is 0.500. The molecule has 0 amide bonds. The van der Waals surface area contributed by atoms with Crippen LogP contribution in [0.1, 0.15) is 17.9 Å².